The summed E-state index contributed by atoms with van der Waals surface area (Å²) in [7, 11) is 8.82. The first-order chi connectivity index (χ1) is 24.2. The molecule has 0 aliphatic carbocycles. The van der Waals surface area contributed by atoms with Crippen molar-refractivity contribution in [2.45, 2.75) is 25.3 Å². The summed E-state index contributed by atoms with van der Waals surface area (Å²) in [6.07, 6.45) is 3.96. The zero-order chi connectivity index (χ0) is 34.4. The van der Waals surface area contributed by atoms with Crippen molar-refractivity contribution in [2.24, 2.45) is 5.73 Å². The second kappa shape index (κ2) is 23.7. The summed E-state index contributed by atoms with van der Waals surface area (Å²) in [5.74, 6) is 0. The number of rotatable bonds is 7. The molecule has 6 aromatic rings. The molecule has 1 aliphatic heterocycles. The fourth-order valence-corrected chi connectivity index (χ4v) is 10.1. The van der Waals surface area contributed by atoms with Crippen LogP contribution >= 0.6 is 35.2 Å². The van der Waals surface area contributed by atoms with Crippen LogP contribution in [0.15, 0.2) is 182 Å². The van der Waals surface area contributed by atoms with E-state index in [1.54, 1.807) is 0 Å². The smallest absolute Gasteiger partial charge is 0.0134 e. The molecule has 0 aromatic heterocycles. The van der Waals surface area contributed by atoms with Gasteiger partial charge in [-0.15, -0.1) is 0 Å². The van der Waals surface area contributed by atoms with Crippen molar-refractivity contribution in [3.8, 4) is 0 Å². The van der Waals surface area contributed by atoms with Gasteiger partial charge in [-0.3, -0.25) is 0 Å². The minimum Gasteiger partial charge on any atom is -0.0622 e. The molecule has 2 nitrogen and oxygen atoms in total. The molecular formula is C42H44Cl2N2P2Ru. The first-order valence-corrected chi connectivity index (χ1v) is 23.6. The van der Waals surface area contributed by atoms with Gasteiger partial charge < -0.3 is 11.1 Å². The molecule has 1 atom stereocenters. The molecule has 7 heteroatoms. The van der Waals surface area contributed by atoms with E-state index in [0.717, 1.165) is 6.54 Å². The Labute approximate surface area is 311 Å². The summed E-state index contributed by atoms with van der Waals surface area (Å²) in [4.78, 5) is 0. The van der Waals surface area contributed by atoms with Crippen molar-refractivity contribution in [3.63, 3.8) is 0 Å². The first kappa shape index (κ1) is 39.1. The largest absolute Gasteiger partial charge is 0.0622 e. The van der Waals surface area contributed by atoms with E-state index in [4.69, 9.17) is 25.1 Å². The van der Waals surface area contributed by atoms with E-state index in [1.807, 2.05) is 0 Å². The van der Waals surface area contributed by atoms with Gasteiger partial charge in [0.05, 0.1) is 0 Å². The number of nitrogens with one attached hydrogen (secondary N) is 1. The summed E-state index contributed by atoms with van der Waals surface area (Å²) in [5, 5.41) is 11.7. The van der Waals surface area contributed by atoms with Crippen LogP contribution in [0, 0.1) is 0 Å². The van der Waals surface area contributed by atoms with Crippen molar-refractivity contribution in [1.82, 2.24) is 5.32 Å². The summed E-state index contributed by atoms with van der Waals surface area (Å²) >= 11 is -0.346. The standard InChI is InChI=1S/2C18H15P.C6H14N2.2ClH.Ru/c2*1-4-10-16(11-5-1)19(17-12-6-2-7-13-17)18-14-8-3-9-15-18;7-5-6-3-1-2-4-8-6;;;/h2*1-15H;6,8H,1-5,7H2;2*1H;/q;;;;;+2/p-2. The maximum atomic E-state index is 5.44. The molecule has 0 amide bonds. The van der Waals surface area contributed by atoms with E-state index in [0.29, 0.717) is 6.04 Å². The summed E-state index contributed by atoms with van der Waals surface area (Å²) in [6.45, 7) is 1.97. The van der Waals surface area contributed by atoms with Crippen molar-refractivity contribution in [1.29, 1.82) is 0 Å². The normalized spacial score (nSPS) is 13.6. The predicted octanol–water partition coefficient (Wildman–Crippen LogP) is 8.35. The molecule has 1 fully saturated rings. The van der Waals surface area contributed by atoms with Crippen molar-refractivity contribution in [2.75, 3.05) is 13.1 Å². The molecule has 0 saturated carbocycles. The van der Waals surface area contributed by atoms with Crippen molar-refractivity contribution in [3.05, 3.63) is 182 Å². The number of hydrogen-bond donors (Lipinski definition) is 2. The van der Waals surface area contributed by atoms with Gasteiger partial charge >= 0.3 is 34.5 Å². The summed E-state index contributed by atoms with van der Waals surface area (Å²) in [6, 6.07) is 65.3. The third kappa shape index (κ3) is 13.5. The quantitative estimate of drug-likeness (QED) is 0.126. The van der Waals surface area contributed by atoms with Gasteiger partial charge in [0.2, 0.25) is 0 Å². The Morgan fingerprint density at radius 1 is 0.469 bits per heavy atom. The van der Waals surface area contributed by atoms with E-state index in [-0.39, 0.29) is 15.1 Å². The van der Waals surface area contributed by atoms with Gasteiger partial charge in [-0.25, -0.2) is 0 Å². The Kier molecular flexibility index (Phi) is 18.9. The van der Waals surface area contributed by atoms with Gasteiger partial charge in [0.1, 0.15) is 0 Å². The van der Waals surface area contributed by atoms with Crippen LogP contribution in [0.3, 0.4) is 0 Å². The van der Waals surface area contributed by atoms with Crippen LogP contribution in [-0.4, -0.2) is 19.1 Å². The van der Waals surface area contributed by atoms with E-state index < -0.39 is 15.8 Å². The minimum atomic E-state index is -0.446. The molecule has 0 radical (unpaired) electrons. The average Bonchev–Trinajstić information content (AvgIpc) is 3.19. The average molecular weight is 811 g/mol. The van der Waals surface area contributed by atoms with E-state index >= 15 is 0 Å². The molecule has 0 spiro atoms. The van der Waals surface area contributed by atoms with Crippen LogP contribution in [0.2, 0.25) is 0 Å². The van der Waals surface area contributed by atoms with Crippen LogP contribution in [0.5, 0.6) is 0 Å². The Balaban J connectivity index is 0.000000170. The number of piperidine rings is 1. The molecule has 7 rings (SSSR count). The zero-order valence-corrected chi connectivity index (χ0v) is 32.6. The molecule has 3 N–H and O–H groups in total. The number of benzene rings is 6. The molecule has 0 bridgehead atoms. The fourth-order valence-electron chi connectivity index (χ4n) is 5.48. The zero-order valence-electron chi connectivity index (χ0n) is 27.5. The molecule has 1 heterocycles. The molecule has 1 aliphatic rings. The number of hydrogen-bond acceptors (Lipinski definition) is 2. The first-order valence-electron chi connectivity index (χ1n) is 16.4. The van der Waals surface area contributed by atoms with Gasteiger partial charge in [0.25, 0.3) is 0 Å². The third-order valence-corrected chi connectivity index (χ3v) is 12.7. The second-order valence-corrected chi connectivity index (χ2v) is 18.2. The molecule has 6 aromatic carbocycles. The Hall–Kier alpha value is -2.70. The molecule has 254 valence electrons. The van der Waals surface area contributed by atoms with E-state index in [1.165, 1.54) is 57.6 Å². The SMILES string of the molecule is NCC1CCCCN1.[Cl][Ru][Cl].c1ccc(P(c2ccccc2)c2ccccc2)cc1.c1ccc(P(c2ccccc2)c2ccccc2)cc1. The van der Waals surface area contributed by atoms with Crippen LogP contribution in [0.1, 0.15) is 19.3 Å². The number of halogens is 2. The van der Waals surface area contributed by atoms with E-state index in [2.05, 4.69) is 187 Å². The van der Waals surface area contributed by atoms with Crippen molar-refractivity contribution >= 4 is 67.1 Å². The summed E-state index contributed by atoms with van der Waals surface area (Å²) in [5.41, 5.74) is 5.44. The van der Waals surface area contributed by atoms with Gasteiger partial charge in [0, 0.05) is 12.6 Å². The van der Waals surface area contributed by atoms with Crippen molar-refractivity contribution < 1.29 is 15.1 Å². The Bertz CT molecular complexity index is 1360. The Morgan fingerprint density at radius 2 is 0.714 bits per heavy atom. The van der Waals surface area contributed by atoms with Crippen LogP contribution in [-0.2, 0) is 15.1 Å². The maximum absolute atomic E-state index is 5.44. The van der Waals surface area contributed by atoms with Crippen LogP contribution in [0.4, 0.5) is 0 Å². The second-order valence-electron chi connectivity index (χ2n) is 11.1. The topological polar surface area (TPSA) is 38.0 Å². The van der Waals surface area contributed by atoms with Gasteiger partial charge in [-0.2, -0.15) is 0 Å². The monoisotopic (exact) mass is 810 g/mol. The number of nitrogens with two attached hydrogens (primary N) is 1. The van der Waals surface area contributed by atoms with Crippen LogP contribution in [0.25, 0.3) is 0 Å². The predicted molar refractivity (Wildman–Crippen MR) is 217 cm³/mol. The van der Waals surface area contributed by atoms with E-state index in [9.17, 15) is 0 Å². The van der Waals surface area contributed by atoms with Gasteiger partial charge in [-0.1, -0.05) is 188 Å². The molecule has 1 saturated heterocycles. The summed E-state index contributed by atoms with van der Waals surface area (Å²) < 4.78 is 0. The van der Waals surface area contributed by atoms with Gasteiger partial charge in [-0.05, 0) is 67.1 Å². The molecule has 1 unspecified atom stereocenters. The Morgan fingerprint density at radius 3 is 0.878 bits per heavy atom. The van der Waals surface area contributed by atoms with Gasteiger partial charge in [0.15, 0.2) is 0 Å². The fraction of sp³-hybridized carbons (Fsp3) is 0.143. The minimum absolute atomic E-state index is 0.346. The molecule has 49 heavy (non-hydrogen) atoms. The molecular weight excluding hydrogens is 766 g/mol. The third-order valence-electron chi connectivity index (χ3n) is 7.78. The maximum Gasteiger partial charge on any atom is -0.0134 e. The van der Waals surface area contributed by atoms with Crippen LogP contribution < -0.4 is 42.9 Å².